The molecule has 9 heteroatoms. The Balaban J connectivity index is 1.75. The van der Waals surface area contributed by atoms with Crippen LogP contribution in [0.3, 0.4) is 0 Å². The van der Waals surface area contributed by atoms with Gasteiger partial charge in [-0.3, -0.25) is 14.9 Å². The van der Waals surface area contributed by atoms with Crippen LogP contribution in [0.2, 0.25) is 0 Å². The molecule has 2 heterocycles. The van der Waals surface area contributed by atoms with Crippen LogP contribution in [0.25, 0.3) is 5.65 Å². The Morgan fingerprint density at radius 2 is 2.16 bits per heavy atom. The molecule has 25 heavy (non-hydrogen) atoms. The number of amides is 1. The van der Waals surface area contributed by atoms with Gasteiger partial charge in [0, 0.05) is 28.5 Å². The maximum absolute atomic E-state index is 12.2. The predicted octanol–water partition coefficient (Wildman–Crippen LogP) is 2.94. The van der Waals surface area contributed by atoms with Gasteiger partial charge in [-0.15, -0.1) is 0 Å². The van der Waals surface area contributed by atoms with Crippen molar-refractivity contribution in [1.29, 1.82) is 0 Å². The van der Waals surface area contributed by atoms with E-state index in [-0.39, 0.29) is 23.5 Å². The van der Waals surface area contributed by atoms with E-state index in [2.05, 4.69) is 26.2 Å². The van der Waals surface area contributed by atoms with Crippen LogP contribution < -0.4 is 10.1 Å². The summed E-state index contributed by atoms with van der Waals surface area (Å²) in [5, 5.41) is 13.7. The van der Waals surface area contributed by atoms with Gasteiger partial charge in [-0.2, -0.15) is 0 Å². The molecule has 0 aliphatic carbocycles. The number of benzene rings is 1. The summed E-state index contributed by atoms with van der Waals surface area (Å²) in [4.78, 5) is 27.1. The number of hydrogen-bond donors (Lipinski definition) is 1. The van der Waals surface area contributed by atoms with Gasteiger partial charge in [-0.1, -0.05) is 0 Å². The molecule has 0 radical (unpaired) electrons. The molecule has 3 aromatic rings. The van der Waals surface area contributed by atoms with Crippen molar-refractivity contribution in [2.75, 3.05) is 7.11 Å². The molecule has 128 valence electrons. The molecule has 0 fully saturated rings. The van der Waals surface area contributed by atoms with E-state index in [9.17, 15) is 14.9 Å². The lowest BCUT2D eigenvalue weighted by Gasteiger charge is -2.05. The largest absolute Gasteiger partial charge is 0.490 e. The number of fused-ring (bicyclic) bond motifs is 1. The van der Waals surface area contributed by atoms with E-state index in [0.717, 1.165) is 10.1 Å². The highest BCUT2D eigenvalue weighted by Gasteiger charge is 2.18. The molecule has 0 unspecified atom stereocenters. The molecular weight excluding hydrogens is 392 g/mol. The topological polar surface area (TPSA) is 98.8 Å². The van der Waals surface area contributed by atoms with Crippen molar-refractivity contribution in [2.45, 2.75) is 6.54 Å². The van der Waals surface area contributed by atoms with E-state index < -0.39 is 10.8 Å². The van der Waals surface area contributed by atoms with Gasteiger partial charge in [0.25, 0.3) is 5.91 Å². The molecular formula is C16H13BrN4O4. The smallest absolute Gasteiger partial charge is 0.311 e. The van der Waals surface area contributed by atoms with Crippen LogP contribution in [0, 0.1) is 10.1 Å². The van der Waals surface area contributed by atoms with Gasteiger partial charge >= 0.3 is 5.69 Å². The maximum atomic E-state index is 12.2. The quantitative estimate of drug-likeness (QED) is 0.520. The highest BCUT2D eigenvalue weighted by molar-refractivity contribution is 9.10. The summed E-state index contributed by atoms with van der Waals surface area (Å²) in [6, 6.07) is 7.79. The maximum Gasteiger partial charge on any atom is 0.311 e. The van der Waals surface area contributed by atoms with Crippen molar-refractivity contribution < 1.29 is 14.5 Å². The van der Waals surface area contributed by atoms with E-state index in [4.69, 9.17) is 4.74 Å². The van der Waals surface area contributed by atoms with Crippen LogP contribution in [0.5, 0.6) is 5.75 Å². The molecule has 0 spiro atoms. The lowest BCUT2D eigenvalue weighted by Crippen LogP contribution is -2.23. The molecule has 0 atom stereocenters. The number of nitro benzene ring substituents is 1. The van der Waals surface area contributed by atoms with Crippen molar-refractivity contribution in [3.05, 3.63) is 68.6 Å². The van der Waals surface area contributed by atoms with Crippen LogP contribution in [-0.2, 0) is 6.54 Å². The van der Waals surface area contributed by atoms with Gasteiger partial charge in [0.1, 0.15) is 5.65 Å². The Morgan fingerprint density at radius 1 is 1.36 bits per heavy atom. The number of hydrogen-bond acceptors (Lipinski definition) is 5. The molecule has 0 aliphatic rings. The third-order valence-corrected chi connectivity index (χ3v) is 4.00. The lowest BCUT2D eigenvalue weighted by atomic mass is 10.1. The molecule has 0 saturated carbocycles. The number of carbonyl (C=O) groups excluding carboxylic acids is 1. The highest BCUT2D eigenvalue weighted by atomic mass is 79.9. The molecule has 3 rings (SSSR count). The standard InChI is InChI=1S/C16H13BrN4O4/c1-25-14-4-2-10(6-13(14)21(23)24)16(22)18-7-12-9-20-8-11(17)3-5-15(20)19-12/h2-6,8-9H,7H2,1H3,(H,18,22). The number of aromatic nitrogens is 2. The normalized spacial score (nSPS) is 10.6. The van der Waals surface area contributed by atoms with E-state index in [1.54, 1.807) is 6.20 Å². The summed E-state index contributed by atoms with van der Waals surface area (Å²) in [6.07, 6.45) is 3.66. The zero-order chi connectivity index (χ0) is 18.0. The second-order valence-corrected chi connectivity index (χ2v) is 6.09. The summed E-state index contributed by atoms with van der Waals surface area (Å²) in [5.74, 6) is -0.323. The first kappa shape index (κ1) is 16.9. The molecule has 1 N–H and O–H groups in total. The van der Waals surface area contributed by atoms with E-state index >= 15 is 0 Å². The SMILES string of the molecule is COc1ccc(C(=O)NCc2cn3cc(Br)ccc3n2)cc1[N+](=O)[O-]. The summed E-state index contributed by atoms with van der Waals surface area (Å²) < 4.78 is 7.68. The number of nitro groups is 1. The minimum absolute atomic E-state index is 0.104. The molecule has 2 aromatic heterocycles. The first-order valence-corrected chi connectivity index (χ1v) is 8.01. The third kappa shape index (κ3) is 3.61. The van der Waals surface area contributed by atoms with Gasteiger partial charge in [0.05, 0.1) is 24.3 Å². The Kier molecular flexibility index (Phi) is 4.66. The minimum atomic E-state index is -0.588. The van der Waals surface area contributed by atoms with Crippen molar-refractivity contribution in [1.82, 2.24) is 14.7 Å². The minimum Gasteiger partial charge on any atom is -0.490 e. The summed E-state index contributed by atoms with van der Waals surface area (Å²) >= 11 is 3.38. The van der Waals surface area contributed by atoms with Crippen LogP contribution in [0.1, 0.15) is 16.1 Å². The fourth-order valence-corrected chi connectivity index (χ4v) is 2.70. The zero-order valence-electron chi connectivity index (χ0n) is 13.1. The van der Waals surface area contributed by atoms with Gasteiger partial charge < -0.3 is 14.5 Å². The van der Waals surface area contributed by atoms with Gasteiger partial charge in [-0.25, -0.2) is 4.98 Å². The monoisotopic (exact) mass is 404 g/mol. The van der Waals surface area contributed by atoms with Gasteiger partial charge in [-0.05, 0) is 40.2 Å². The number of nitrogens with zero attached hydrogens (tertiary/aromatic N) is 3. The fourth-order valence-electron chi connectivity index (χ4n) is 2.35. The molecule has 1 aromatic carbocycles. The first-order chi connectivity index (χ1) is 12.0. The first-order valence-electron chi connectivity index (χ1n) is 7.21. The van der Waals surface area contributed by atoms with Crippen molar-refractivity contribution in [2.24, 2.45) is 0 Å². The average Bonchev–Trinajstić information content (AvgIpc) is 3.00. The molecule has 0 bridgehead atoms. The molecule has 0 saturated heterocycles. The summed E-state index contributed by atoms with van der Waals surface area (Å²) in [7, 11) is 1.34. The number of methoxy groups -OCH3 is 1. The van der Waals surface area contributed by atoms with Crippen molar-refractivity contribution >= 4 is 33.2 Å². The molecule has 1 amide bonds. The number of nitrogens with one attached hydrogen (secondary N) is 1. The van der Waals surface area contributed by atoms with Crippen LogP contribution in [-0.4, -0.2) is 27.3 Å². The number of halogens is 1. The summed E-state index contributed by atoms with van der Waals surface area (Å²) in [5.41, 5.74) is 1.36. The van der Waals surface area contributed by atoms with Gasteiger partial charge in [0.2, 0.25) is 0 Å². The average molecular weight is 405 g/mol. The Hall–Kier alpha value is -2.94. The lowest BCUT2D eigenvalue weighted by molar-refractivity contribution is -0.385. The zero-order valence-corrected chi connectivity index (χ0v) is 14.7. The third-order valence-electron chi connectivity index (χ3n) is 3.53. The number of ether oxygens (including phenoxy) is 1. The Bertz CT molecular complexity index is 970. The Morgan fingerprint density at radius 3 is 2.88 bits per heavy atom. The highest BCUT2D eigenvalue weighted by Crippen LogP contribution is 2.27. The second kappa shape index (κ2) is 6.89. The molecule has 8 nitrogen and oxygen atoms in total. The van der Waals surface area contributed by atoms with E-state index in [1.807, 2.05) is 22.7 Å². The summed E-state index contributed by atoms with van der Waals surface area (Å²) in [6.45, 7) is 0.206. The van der Waals surface area contributed by atoms with E-state index in [0.29, 0.717) is 5.69 Å². The van der Waals surface area contributed by atoms with Gasteiger partial charge in [0.15, 0.2) is 5.75 Å². The fraction of sp³-hybridized carbons (Fsp3) is 0.125. The number of pyridine rings is 1. The predicted molar refractivity (Wildman–Crippen MR) is 93.7 cm³/mol. The number of rotatable bonds is 5. The Labute approximate surface area is 150 Å². The van der Waals surface area contributed by atoms with Crippen molar-refractivity contribution in [3.8, 4) is 5.75 Å². The second-order valence-electron chi connectivity index (χ2n) is 5.17. The van der Waals surface area contributed by atoms with E-state index in [1.165, 1.54) is 25.3 Å². The van der Waals surface area contributed by atoms with Crippen LogP contribution in [0.4, 0.5) is 5.69 Å². The number of imidazole rings is 1. The number of carbonyl (C=O) groups is 1. The van der Waals surface area contributed by atoms with Crippen LogP contribution in [0.15, 0.2) is 47.2 Å². The molecule has 0 aliphatic heterocycles. The van der Waals surface area contributed by atoms with Crippen molar-refractivity contribution in [3.63, 3.8) is 0 Å². The van der Waals surface area contributed by atoms with Crippen LogP contribution >= 0.6 is 15.9 Å².